The van der Waals surface area contributed by atoms with Crippen LogP contribution in [0.15, 0.2) is 35.2 Å². The van der Waals surface area contributed by atoms with Gasteiger partial charge in [-0.2, -0.15) is 4.31 Å². The van der Waals surface area contributed by atoms with Crippen LogP contribution in [0.4, 0.5) is 0 Å². The molecule has 4 rings (SSSR count). The van der Waals surface area contributed by atoms with Gasteiger partial charge in [0.05, 0.1) is 28.7 Å². The first-order valence-corrected chi connectivity index (χ1v) is 20.1. The van der Waals surface area contributed by atoms with Crippen molar-refractivity contribution in [2.24, 2.45) is 17.3 Å². The molecule has 3 aliphatic heterocycles. The third kappa shape index (κ3) is 9.43. The fourth-order valence-corrected chi connectivity index (χ4v) is 9.74. The van der Waals surface area contributed by atoms with Crippen molar-refractivity contribution in [2.45, 2.75) is 115 Å². The Morgan fingerprint density at radius 3 is 2.19 bits per heavy atom. The van der Waals surface area contributed by atoms with Crippen molar-refractivity contribution < 1.29 is 42.1 Å². The van der Waals surface area contributed by atoms with Gasteiger partial charge in [0.1, 0.15) is 17.6 Å². The number of nitrogens with zero attached hydrogens (tertiary/aromatic N) is 4. The average molecular weight is 753 g/mol. The third-order valence-electron chi connectivity index (χ3n) is 11.5. The number of benzene rings is 1. The van der Waals surface area contributed by atoms with Crippen LogP contribution in [0.1, 0.15) is 61.3 Å². The molecule has 3 fully saturated rings. The molecule has 1 N–H and O–H groups in total. The summed E-state index contributed by atoms with van der Waals surface area (Å²) in [6.07, 6.45) is -2.48. The summed E-state index contributed by atoms with van der Waals surface area (Å²) in [5.41, 5.74) is -2.52. The number of sulfonamides is 1. The minimum atomic E-state index is -3.60. The van der Waals surface area contributed by atoms with E-state index < -0.39 is 57.5 Å². The molecule has 0 bridgehead atoms. The summed E-state index contributed by atoms with van der Waals surface area (Å²) >= 11 is 0. The summed E-state index contributed by atoms with van der Waals surface area (Å²) in [5.74, 6) is -1.76. The molecule has 13 nitrogen and oxygen atoms in total. The molecule has 0 saturated carbocycles. The number of carbonyl (C=O) groups is 2. The SMILES string of the molecule is CO[C@]1(C)C[C@@H](C)CN(C)[C@@H](CN2CCN(S(=O)(=O)c3ccccc3)CC2)[C@H](C)OC(=O)C(C)(C)C(=O)[C@H](C)[C@H]1O[C@@H]1O[C@H](C)C[C@H](N(C)C)[C@H]1O. The van der Waals surface area contributed by atoms with Gasteiger partial charge in [-0.25, -0.2) is 8.42 Å². The van der Waals surface area contributed by atoms with Gasteiger partial charge in [-0.05, 0) is 86.7 Å². The van der Waals surface area contributed by atoms with Crippen LogP contribution in [-0.2, 0) is 38.6 Å². The second kappa shape index (κ2) is 17.2. The predicted octanol–water partition coefficient (Wildman–Crippen LogP) is 2.71. The highest BCUT2D eigenvalue weighted by atomic mass is 32.2. The Morgan fingerprint density at radius 1 is 1.00 bits per heavy atom. The van der Waals surface area contributed by atoms with Crippen LogP contribution in [-0.4, -0.2) is 160 Å². The zero-order chi connectivity index (χ0) is 38.8. The minimum absolute atomic E-state index is 0.0426. The Bertz CT molecular complexity index is 1460. The third-order valence-corrected chi connectivity index (χ3v) is 13.4. The molecular weight excluding hydrogens is 689 g/mol. The van der Waals surface area contributed by atoms with Gasteiger partial charge in [0.15, 0.2) is 12.1 Å². The lowest BCUT2D eigenvalue weighted by atomic mass is 9.74. The smallest absolute Gasteiger partial charge is 0.319 e. The highest BCUT2D eigenvalue weighted by Gasteiger charge is 2.52. The maximum atomic E-state index is 14.4. The number of cyclic esters (lactones) is 1. The van der Waals surface area contributed by atoms with Crippen molar-refractivity contribution in [3.05, 3.63) is 30.3 Å². The molecule has 1 aromatic rings. The highest BCUT2D eigenvalue weighted by Crippen LogP contribution is 2.38. The van der Waals surface area contributed by atoms with Crippen LogP contribution in [0.5, 0.6) is 0 Å². The maximum Gasteiger partial charge on any atom is 0.319 e. The van der Waals surface area contributed by atoms with Crippen molar-refractivity contribution in [3.63, 3.8) is 0 Å². The van der Waals surface area contributed by atoms with Gasteiger partial charge in [0, 0.05) is 58.3 Å². The zero-order valence-corrected chi connectivity index (χ0v) is 34.0. The lowest BCUT2D eigenvalue weighted by molar-refractivity contribution is -0.295. The number of aliphatic hydroxyl groups excluding tert-OH is 1. The van der Waals surface area contributed by atoms with Gasteiger partial charge in [-0.1, -0.05) is 32.0 Å². The molecule has 10 atom stereocenters. The van der Waals surface area contributed by atoms with Gasteiger partial charge < -0.3 is 29.0 Å². The summed E-state index contributed by atoms with van der Waals surface area (Å²) in [7, 11) is 3.83. The first-order valence-electron chi connectivity index (χ1n) is 18.7. The van der Waals surface area contributed by atoms with Gasteiger partial charge in [-0.3, -0.25) is 19.4 Å². The van der Waals surface area contributed by atoms with E-state index in [0.29, 0.717) is 52.1 Å². The van der Waals surface area contributed by atoms with E-state index in [1.807, 2.05) is 46.8 Å². The van der Waals surface area contributed by atoms with E-state index in [2.05, 4.69) is 16.7 Å². The van der Waals surface area contributed by atoms with Gasteiger partial charge in [0.25, 0.3) is 0 Å². The number of rotatable bonds is 8. The number of hydrogen-bond donors (Lipinski definition) is 1. The normalized spacial score (nSPS) is 36.8. The monoisotopic (exact) mass is 752 g/mol. The van der Waals surface area contributed by atoms with Gasteiger partial charge in [-0.15, -0.1) is 0 Å². The van der Waals surface area contributed by atoms with E-state index in [4.69, 9.17) is 18.9 Å². The number of hydrogen-bond acceptors (Lipinski definition) is 12. The standard InChI is InChI=1S/C38H64N4O9S/c1-25-22-38(7,48-11)34(51-35-32(43)30(39(8)9)21-26(2)49-35)27(3)33(44)37(5,6)36(45)50-28(4)31(40(10)23-25)24-41-17-19-42(20-18-41)52(46,47)29-15-13-12-14-16-29/h12-16,25-28,30-32,34-35,43H,17-24H2,1-11H3/t25-,26-,27+,28+,30+,31+,32-,34-,35+,38-/m1/s1. The molecule has 296 valence electrons. The molecule has 0 amide bonds. The first-order chi connectivity index (χ1) is 24.2. The number of ketones is 1. The van der Waals surface area contributed by atoms with Crippen molar-refractivity contribution >= 4 is 21.8 Å². The number of carbonyl (C=O) groups excluding carboxylic acids is 2. The molecule has 0 spiro atoms. The average Bonchev–Trinajstić information content (AvgIpc) is 3.09. The van der Waals surface area contributed by atoms with Gasteiger partial charge in [0.2, 0.25) is 10.0 Å². The number of esters is 1. The van der Waals surface area contributed by atoms with Crippen molar-refractivity contribution in [3.8, 4) is 0 Å². The molecule has 3 saturated heterocycles. The van der Waals surface area contributed by atoms with E-state index in [9.17, 15) is 23.1 Å². The largest absolute Gasteiger partial charge is 0.460 e. The molecular formula is C38H64N4O9S. The fraction of sp³-hybridized carbons (Fsp3) is 0.789. The van der Waals surface area contributed by atoms with Crippen LogP contribution in [0.3, 0.4) is 0 Å². The van der Waals surface area contributed by atoms with E-state index >= 15 is 0 Å². The Hall–Kier alpha value is -2.01. The van der Waals surface area contributed by atoms with E-state index in [-0.39, 0.29) is 34.8 Å². The molecule has 3 aliphatic rings. The molecule has 52 heavy (non-hydrogen) atoms. The fourth-order valence-electron chi connectivity index (χ4n) is 8.30. The lowest BCUT2D eigenvalue weighted by Crippen LogP contribution is -2.59. The topological polar surface area (TPSA) is 138 Å². The second-order valence-electron chi connectivity index (χ2n) is 16.4. The Labute approximate surface area is 311 Å². The predicted molar refractivity (Wildman–Crippen MR) is 198 cm³/mol. The quantitative estimate of drug-likeness (QED) is 0.309. The summed E-state index contributed by atoms with van der Waals surface area (Å²) in [4.78, 5) is 35.0. The maximum absolute atomic E-state index is 14.4. The van der Waals surface area contributed by atoms with E-state index in [1.54, 1.807) is 58.2 Å². The second-order valence-corrected chi connectivity index (χ2v) is 18.3. The molecule has 0 radical (unpaired) electrons. The number of aliphatic hydroxyl groups is 1. The van der Waals surface area contributed by atoms with E-state index in [1.165, 1.54) is 4.31 Å². The number of ether oxygens (including phenoxy) is 4. The molecule has 0 unspecified atom stereocenters. The Morgan fingerprint density at radius 2 is 1.62 bits per heavy atom. The summed E-state index contributed by atoms with van der Waals surface area (Å²) in [5, 5.41) is 11.4. The summed E-state index contributed by atoms with van der Waals surface area (Å²) in [6.45, 7) is 15.7. The van der Waals surface area contributed by atoms with Crippen LogP contribution in [0.2, 0.25) is 0 Å². The van der Waals surface area contributed by atoms with Crippen LogP contribution >= 0.6 is 0 Å². The Balaban J connectivity index is 1.59. The van der Waals surface area contributed by atoms with Gasteiger partial charge >= 0.3 is 5.97 Å². The first kappa shape index (κ1) is 42.7. The number of piperazine rings is 1. The van der Waals surface area contributed by atoms with Crippen molar-refractivity contribution in [1.82, 2.24) is 19.0 Å². The number of Topliss-reactive ketones (excluding diaryl/α,β-unsaturated/α-hetero) is 1. The van der Waals surface area contributed by atoms with Crippen LogP contribution in [0.25, 0.3) is 0 Å². The molecule has 0 aromatic heterocycles. The minimum Gasteiger partial charge on any atom is -0.460 e. The van der Waals surface area contributed by atoms with E-state index in [0.717, 1.165) is 0 Å². The zero-order valence-electron chi connectivity index (χ0n) is 33.2. The molecule has 0 aliphatic carbocycles. The summed E-state index contributed by atoms with van der Waals surface area (Å²) < 4.78 is 53.3. The lowest BCUT2D eigenvalue weighted by Gasteiger charge is -2.47. The van der Waals surface area contributed by atoms with Crippen molar-refractivity contribution in [1.29, 1.82) is 0 Å². The molecule has 14 heteroatoms. The summed E-state index contributed by atoms with van der Waals surface area (Å²) in [6, 6.07) is 8.02. The Kier molecular flexibility index (Phi) is 14.1. The molecule has 3 heterocycles. The number of methoxy groups -OCH3 is 1. The molecule has 1 aromatic carbocycles. The van der Waals surface area contributed by atoms with Crippen LogP contribution in [0, 0.1) is 17.3 Å². The van der Waals surface area contributed by atoms with Crippen molar-refractivity contribution in [2.75, 3.05) is 67.5 Å². The number of likely N-dealkylation sites (N-methyl/N-ethyl adjacent to an activating group) is 2. The van der Waals surface area contributed by atoms with Crippen LogP contribution < -0.4 is 0 Å². The highest BCUT2D eigenvalue weighted by molar-refractivity contribution is 7.89.